The summed E-state index contributed by atoms with van der Waals surface area (Å²) < 4.78 is 0. The summed E-state index contributed by atoms with van der Waals surface area (Å²) in [5, 5.41) is 4.58. The molecule has 1 atom stereocenters. The van der Waals surface area contributed by atoms with Gasteiger partial charge in [0.1, 0.15) is 5.82 Å². The fourth-order valence-corrected chi connectivity index (χ4v) is 3.25. The first-order chi connectivity index (χ1) is 12.4. The highest BCUT2D eigenvalue weighted by molar-refractivity contribution is 6.31. The van der Waals surface area contributed by atoms with Gasteiger partial charge in [-0.15, -0.1) is 0 Å². The molecule has 2 aromatic heterocycles. The fourth-order valence-electron chi connectivity index (χ4n) is 3.07. The summed E-state index contributed by atoms with van der Waals surface area (Å²) in [6.45, 7) is 1.85. The van der Waals surface area contributed by atoms with Crippen molar-refractivity contribution in [3.8, 4) is 0 Å². The molecule has 7 nitrogen and oxygen atoms in total. The zero-order chi connectivity index (χ0) is 18.4. The number of amides is 1. The molecule has 8 heteroatoms. The molecule has 0 saturated carbocycles. The van der Waals surface area contributed by atoms with Gasteiger partial charge in [0.25, 0.3) is 5.56 Å². The molecule has 1 aromatic carbocycles. The molecule has 26 heavy (non-hydrogen) atoms. The number of rotatable bonds is 3. The molecule has 1 amide bonds. The van der Waals surface area contributed by atoms with Crippen LogP contribution in [0.15, 0.2) is 35.3 Å². The molecule has 2 N–H and O–H groups in total. The number of nitrogens with one attached hydrogen (secondary N) is 2. The third kappa shape index (κ3) is 2.80. The van der Waals surface area contributed by atoms with Crippen LogP contribution in [0, 0.1) is 0 Å². The van der Waals surface area contributed by atoms with E-state index in [-0.39, 0.29) is 17.5 Å². The van der Waals surface area contributed by atoms with Gasteiger partial charge in [0, 0.05) is 40.3 Å². The number of carbonyl (C=O) groups is 1. The second-order valence-corrected chi connectivity index (χ2v) is 6.76. The lowest BCUT2D eigenvalue weighted by molar-refractivity contribution is -0.117. The second kappa shape index (κ2) is 6.10. The van der Waals surface area contributed by atoms with Gasteiger partial charge in [0.2, 0.25) is 11.9 Å². The minimum Gasteiger partial charge on any atom is -0.347 e. The number of halogens is 1. The molecule has 0 bridgehead atoms. The van der Waals surface area contributed by atoms with Crippen LogP contribution in [0.1, 0.15) is 24.1 Å². The van der Waals surface area contributed by atoms with Crippen LogP contribution >= 0.6 is 11.6 Å². The minimum atomic E-state index is -0.331. The molecular formula is C18H16ClN5O2. The van der Waals surface area contributed by atoms with E-state index >= 15 is 0 Å². The summed E-state index contributed by atoms with van der Waals surface area (Å²) in [5.41, 5.74) is 1.89. The van der Waals surface area contributed by atoms with Crippen molar-refractivity contribution >= 4 is 40.2 Å². The summed E-state index contributed by atoms with van der Waals surface area (Å²) in [6.07, 6.45) is 1.95. The average molecular weight is 370 g/mol. The van der Waals surface area contributed by atoms with Crippen molar-refractivity contribution in [3.05, 3.63) is 57.0 Å². The van der Waals surface area contributed by atoms with E-state index in [4.69, 9.17) is 11.6 Å². The Morgan fingerprint density at radius 3 is 2.92 bits per heavy atom. The number of pyridine rings is 1. The van der Waals surface area contributed by atoms with Crippen LogP contribution in [-0.2, 0) is 11.2 Å². The van der Waals surface area contributed by atoms with E-state index < -0.39 is 0 Å². The Balaban J connectivity index is 1.66. The Hall–Kier alpha value is -2.93. The topological polar surface area (TPSA) is 91.0 Å². The first kappa shape index (κ1) is 16.5. The maximum absolute atomic E-state index is 12.4. The predicted octanol–water partition coefficient (Wildman–Crippen LogP) is 2.66. The van der Waals surface area contributed by atoms with E-state index in [9.17, 15) is 9.59 Å². The predicted molar refractivity (Wildman–Crippen MR) is 101 cm³/mol. The largest absolute Gasteiger partial charge is 0.347 e. The highest BCUT2D eigenvalue weighted by Crippen LogP contribution is 2.26. The number of nitrogens with zero attached hydrogens (tertiary/aromatic N) is 3. The van der Waals surface area contributed by atoms with Gasteiger partial charge in [-0.1, -0.05) is 11.6 Å². The highest BCUT2D eigenvalue weighted by Gasteiger charge is 2.26. The number of hydrogen-bond donors (Lipinski definition) is 2. The molecule has 0 radical (unpaired) electrons. The first-order valence-corrected chi connectivity index (χ1v) is 8.51. The number of H-pyrrole nitrogens is 1. The molecule has 3 aromatic rings. The Labute approximate surface area is 154 Å². The maximum Gasteiger partial charge on any atom is 0.253 e. The Bertz CT molecular complexity index is 1090. The van der Waals surface area contributed by atoms with Crippen LogP contribution in [0.3, 0.4) is 0 Å². The van der Waals surface area contributed by atoms with Crippen molar-refractivity contribution in [2.75, 3.05) is 17.3 Å². The third-order valence-electron chi connectivity index (χ3n) is 4.52. The number of carbonyl (C=O) groups excluding carboxylic acids is 1. The number of likely N-dealkylation sites (N-methyl/N-ethyl adjacent to an activating group) is 1. The number of fused-ring (bicyclic) bond motifs is 2. The van der Waals surface area contributed by atoms with E-state index in [1.807, 2.05) is 6.92 Å². The lowest BCUT2D eigenvalue weighted by Crippen LogP contribution is -2.22. The molecule has 1 unspecified atom stereocenters. The Morgan fingerprint density at radius 1 is 1.31 bits per heavy atom. The smallest absolute Gasteiger partial charge is 0.253 e. The Morgan fingerprint density at radius 2 is 2.12 bits per heavy atom. The van der Waals surface area contributed by atoms with E-state index in [2.05, 4.69) is 20.3 Å². The molecule has 3 heterocycles. The van der Waals surface area contributed by atoms with Gasteiger partial charge in [-0.2, -0.15) is 4.98 Å². The maximum atomic E-state index is 12.4. The van der Waals surface area contributed by atoms with Crippen molar-refractivity contribution in [3.63, 3.8) is 0 Å². The highest BCUT2D eigenvalue weighted by atomic mass is 35.5. The van der Waals surface area contributed by atoms with Crippen LogP contribution in [-0.4, -0.2) is 27.9 Å². The number of hydrogen-bond acceptors (Lipinski definition) is 5. The van der Waals surface area contributed by atoms with Crippen molar-refractivity contribution in [1.29, 1.82) is 0 Å². The third-order valence-corrected chi connectivity index (χ3v) is 4.76. The normalized spacial score (nSPS) is 14.6. The van der Waals surface area contributed by atoms with Crippen molar-refractivity contribution < 1.29 is 4.79 Å². The van der Waals surface area contributed by atoms with Crippen LogP contribution in [0.4, 0.5) is 11.8 Å². The van der Waals surface area contributed by atoms with Gasteiger partial charge < -0.3 is 10.3 Å². The van der Waals surface area contributed by atoms with Gasteiger partial charge >= 0.3 is 0 Å². The number of benzene rings is 1. The van der Waals surface area contributed by atoms with E-state index in [0.717, 1.165) is 16.5 Å². The summed E-state index contributed by atoms with van der Waals surface area (Å²) in [6, 6.07) is 6.79. The Kier molecular flexibility index (Phi) is 3.88. The molecular weight excluding hydrogens is 354 g/mol. The van der Waals surface area contributed by atoms with E-state index in [0.29, 0.717) is 28.8 Å². The molecule has 4 rings (SSSR count). The number of anilines is 2. The van der Waals surface area contributed by atoms with Crippen molar-refractivity contribution in [1.82, 2.24) is 15.0 Å². The molecule has 0 spiro atoms. The molecule has 132 valence electrons. The summed E-state index contributed by atoms with van der Waals surface area (Å²) in [4.78, 5) is 37.2. The number of aromatic amines is 1. The van der Waals surface area contributed by atoms with Crippen LogP contribution in [0.25, 0.3) is 10.9 Å². The SMILES string of the molecule is CC(Nc1ncc2c(n1)N(C)C(=O)C2)c1cc2cc(Cl)ccc2[nH]c1=O. The molecule has 1 aliphatic heterocycles. The van der Waals surface area contributed by atoms with Gasteiger partial charge in [-0.25, -0.2) is 4.98 Å². The molecule has 0 aliphatic carbocycles. The van der Waals surface area contributed by atoms with Crippen LogP contribution in [0.5, 0.6) is 0 Å². The van der Waals surface area contributed by atoms with Gasteiger partial charge in [-0.05, 0) is 31.2 Å². The number of aromatic nitrogens is 3. The quantitative estimate of drug-likeness (QED) is 0.740. The minimum absolute atomic E-state index is 0.0117. The van der Waals surface area contributed by atoms with Crippen molar-refractivity contribution in [2.24, 2.45) is 0 Å². The zero-order valence-electron chi connectivity index (χ0n) is 14.2. The monoisotopic (exact) mass is 369 g/mol. The van der Waals surface area contributed by atoms with Gasteiger partial charge in [0.05, 0.1) is 12.5 Å². The summed E-state index contributed by atoms with van der Waals surface area (Å²) in [5.74, 6) is 0.949. The lowest BCUT2D eigenvalue weighted by Gasteiger charge is -2.15. The van der Waals surface area contributed by atoms with Crippen LogP contribution in [0.2, 0.25) is 5.02 Å². The molecule has 1 aliphatic rings. The fraction of sp³-hybridized carbons (Fsp3) is 0.222. The molecule has 0 fully saturated rings. The average Bonchev–Trinajstić information content (AvgIpc) is 2.89. The summed E-state index contributed by atoms with van der Waals surface area (Å²) >= 11 is 6.04. The zero-order valence-corrected chi connectivity index (χ0v) is 15.0. The van der Waals surface area contributed by atoms with Gasteiger partial charge in [-0.3, -0.25) is 14.5 Å². The lowest BCUT2D eigenvalue weighted by atomic mass is 10.1. The van der Waals surface area contributed by atoms with Crippen molar-refractivity contribution in [2.45, 2.75) is 19.4 Å². The summed E-state index contributed by atoms with van der Waals surface area (Å²) in [7, 11) is 1.69. The first-order valence-electron chi connectivity index (χ1n) is 8.14. The van der Waals surface area contributed by atoms with E-state index in [1.165, 1.54) is 4.90 Å². The standard InChI is InChI=1S/C18H16ClN5O2/c1-9(13-6-10-5-12(19)3-4-14(10)22-17(13)26)21-18-20-8-11-7-15(25)24(2)16(11)23-18/h3-6,8-9H,7H2,1-2H3,(H,22,26)(H,20,21,23). The second-order valence-electron chi connectivity index (χ2n) is 6.32. The van der Waals surface area contributed by atoms with E-state index in [1.54, 1.807) is 37.5 Å². The van der Waals surface area contributed by atoms with Gasteiger partial charge in [0.15, 0.2) is 0 Å². The molecule has 0 saturated heterocycles. The van der Waals surface area contributed by atoms with Crippen LogP contribution < -0.4 is 15.8 Å².